The van der Waals surface area contributed by atoms with Crippen molar-refractivity contribution in [1.82, 2.24) is 15.1 Å². The second kappa shape index (κ2) is 6.29. The normalized spacial score (nSPS) is 10.7. The first-order valence-corrected chi connectivity index (χ1v) is 8.03. The van der Waals surface area contributed by atoms with Crippen LogP contribution in [0.15, 0.2) is 35.1 Å². The zero-order valence-electron chi connectivity index (χ0n) is 13.1. The van der Waals surface area contributed by atoms with Crippen LogP contribution in [0.5, 0.6) is 0 Å². The first-order chi connectivity index (χ1) is 11.1. The Morgan fingerprint density at radius 2 is 2.26 bits per heavy atom. The zero-order valence-corrected chi connectivity index (χ0v) is 13.9. The summed E-state index contributed by atoms with van der Waals surface area (Å²) in [5.74, 6) is 0.483. The first-order valence-electron chi connectivity index (χ1n) is 7.21. The van der Waals surface area contributed by atoms with E-state index in [0.29, 0.717) is 17.9 Å². The van der Waals surface area contributed by atoms with Crippen molar-refractivity contribution < 1.29 is 9.32 Å². The maximum atomic E-state index is 12.5. The number of rotatable bonds is 4. The van der Waals surface area contributed by atoms with Gasteiger partial charge in [-0.3, -0.25) is 14.7 Å². The number of aromatic nitrogens is 3. The summed E-state index contributed by atoms with van der Waals surface area (Å²) in [4.78, 5) is 22.7. The monoisotopic (exact) mass is 328 g/mol. The summed E-state index contributed by atoms with van der Waals surface area (Å²) in [7, 11) is 1.72. The summed E-state index contributed by atoms with van der Waals surface area (Å²) in [5, 5.41) is 5.46. The molecule has 23 heavy (non-hydrogen) atoms. The largest absolute Gasteiger partial charge is 0.361 e. The van der Waals surface area contributed by atoms with Crippen LogP contribution in [0.2, 0.25) is 0 Å². The van der Waals surface area contributed by atoms with E-state index in [0.717, 1.165) is 21.3 Å². The molecule has 118 valence electrons. The lowest BCUT2D eigenvalue weighted by Crippen LogP contribution is -2.26. The van der Waals surface area contributed by atoms with Crippen molar-refractivity contribution in [2.75, 3.05) is 11.9 Å². The molecule has 0 fully saturated rings. The molecule has 3 aromatic heterocycles. The Bertz CT molecular complexity index is 826. The minimum absolute atomic E-state index is 0.210. The SMILES string of the molecule is CCc1cc(C(=O)N(C)c2sc(-c3cccnc3)nc2C)no1. The number of hydrogen-bond donors (Lipinski definition) is 0. The van der Waals surface area contributed by atoms with Gasteiger partial charge in [-0.2, -0.15) is 0 Å². The van der Waals surface area contributed by atoms with Crippen LogP contribution in [-0.4, -0.2) is 28.1 Å². The summed E-state index contributed by atoms with van der Waals surface area (Å²) in [6.07, 6.45) is 4.18. The van der Waals surface area contributed by atoms with Crippen LogP contribution in [-0.2, 0) is 6.42 Å². The number of carbonyl (C=O) groups is 1. The molecular formula is C16H16N4O2S. The van der Waals surface area contributed by atoms with Gasteiger partial charge < -0.3 is 4.52 Å². The number of thiazole rings is 1. The first kappa shape index (κ1) is 15.4. The van der Waals surface area contributed by atoms with E-state index >= 15 is 0 Å². The zero-order chi connectivity index (χ0) is 16.4. The molecule has 0 aliphatic carbocycles. The predicted molar refractivity (Wildman–Crippen MR) is 88.7 cm³/mol. The molecule has 0 radical (unpaired) electrons. The molecule has 7 heteroatoms. The van der Waals surface area contributed by atoms with Crippen LogP contribution < -0.4 is 4.90 Å². The molecule has 0 saturated carbocycles. The molecule has 3 rings (SSSR count). The van der Waals surface area contributed by atoms with E-state index in [2.05, 4.69) is 15.1 Å². The standard InChI is InChI=1S/C16H16N4O2S/c1-4-12-8-13(19-22-12)15(21)20(3)16-10(2)18-14(23-16)11-6-5-7-17-9-11/h5-9H,4H2,1-3H3. The topological polar surface area (TPSA) is 72.1 Å². The molecule has 0 aliphatic rings. The van der Waals surface area contributed by atoms with E-state index in [1.807, 2.05) is 26.0 Å². The molecule has 1 amide bonds. The van der Waals surface area contributed by atoms with Crippen LogP contribution in [0.1, 0.15) is 28.9 Å². The number of anilines is 1. The lowest BCUT2D eigenvalue weighted by molar-refractivity contribution is 0.0984. The van der Waals surface area contributed by atoms with Gasteiger partial charge in [-0.05, 0) is 19.1 Å². The fourth-order valence-corrected chi connectivity index (χ4v) is 3.17. The Balaban J connectivity index is 1.89. The van der Waals surface area contributed by atoms with Crippen LogP contribution in [0.25, 0.3) is 10.6 Å². The van der Waals surface area contributed by atoms with E-state index in [9.17, 15) is 4.79 Å². The van der Waals surface area contributed by atoms with Crippen molar-refractivity contribution in [2.45, 2.75) is 20.3 Å². The minimum Gasteiger partial charge on any atom is -0.361 e. The minimum atomic E-state index is -0.210. The smallest absolute Gasteiger partial charge is 0.280 e. The summed E-state index contributed by atoms with van der Waals surface area (Å²) < 4.78 is 5.11. The Morgan fingerprint density at radius 1 is 1.43 bits per heavy atom. The van der Waals surface area contributed by atoms with Gasteiger partial charge in [-0.15, -0.1) is 0 Å². The van der Waals surface area contributed by atoms with Crippen molar-refractivity contribution in [3.8, 4) is 10.6 Å². The number of pyridine rings is 1. The fourth-order valence-electron chi connectivity index (χ4n) is 2.16. The van der Waals surface area contributed by atoms with Gasteiger partial charge in [0.05, 0.1) is 5.69 Å². The van der Waals surface area contributed by atoms with Crippen LogP contribution in [0, 0.1) is 6.92 Å². The van der Waals surface area contributed by atoms with Gasteiger partial charge in [-0.25, -0.2) is 4.98 Å². The van der Waals surface area contributed by atoms with Crippen molar-refractivity contribution >= 4 is 22.2 Å². The molecule has 0 aliphatic heterocycles. The van der Waals surface area contributed by atoms with Gasteiger partial charge in [0.25, 0.3) is 5.91 Å². The highest BCUT2D eigenvalue weighted by atomic mass is 32.1. The van der Waals surface area contributed by atoms with Crippen LogP contribution in [0.4, 0.5) is 5.00 Å². The van der Waals surface area contributed by atoms with Gasteiger partial charge in [0.15, 0.2) is 5.69 Å². The van der Waals surface area contributed by atoms with Crippen molar-refractivity contribution in [3.63, 3.8) is 0 Å². The summed E-state index contributed by atoms with van der Waals surface area (Å²) in [5.41, 5.74) is 2.03. The van der Waals surface area contributed by atoms with Crippen LogP contribution >= 0.6 is 11.3 Å². The van der Waals surface area contributed by atoms with Gasteiger partial charge in [0.1, 0.15) is 15.8 Å². The van der Waals surface area contributed by atoms with Crippen molar-refractivity contribution in [1.29, 1.82) is 0 Å². The average Bonchev–Trinajstić information content (AvgIpc) is 3.21. The van der Waals surface area contributed by atoms with E-state index in [-0.39, 0.29) is 5.91 Å². The fraction of sp³-hybridized carbons (Fsp3) is 0.250. The van der Waals surface area contributed by atoms with E-state index < -0.39 is 0 Å². The van der Waals surface area contributed by atoms with Crippen molar-refractivity contribution in [2.24, 2.45) is 0 Å². The molecule has 0 spiro atoms. The Labute approximate surface area is 137 Å². The third-order valence-corrected chi connectivity index (χ3v) is 4.70. The number of carbonyl (C=O) groups excluding carboxylic acids is 1. The molecule has 0 atom stereocenters. The molecule has 3 heterocycles. The molecule has 6 nitrogen and oxygen atoms in total. The highest BCUT2D eigenvalue weighted by molar-refractivity contribution is 7.19. The average molecular weight is 328 g/mol. The van der Waals surface area contributed by atoms with Gasteiger partial charge >= 0.3 is 0 Å². The number of aryl methyl sites for hydroxylation is 2. The maximum Gasteiger partial charge on any atom is 0.280 e. The van der Waals surface area contributed by atoms with Gasteiger partial charge in [0, 0.05) is 37.5 Å². The van der Waals surface area contributed by atoms with E-state index in [4.69, 9.17) is 4.52 Å². The highest BCUT2D eigenvalue weighted by Gasteiger charge is 2.22. The highest BCUT2D eigenvalue weighted by Crippen LogP contribution is 2.34. The lowest BCUT2D eigenvalue weighted by Gasteiger charge is -2.13. The van der Waals surface area contributed by atoms with Crippen molar-refractivity contribution in [3.05, 3.63) is 47.7 Å². The predicted octanol–water partition coefficient (Wildman–Crippen LogP) is 3.34. The summed E-state index contributed by atoms with van der Waals surface area (Å²) in [6, 6.07) is 5.49. The molecule has 0 aromatic carbocycles. The molecular weight excluding hydrogens is 312 g/mol. The third kappa shape index (κ3) is 3.00. The molecule has 0 bridgehead atoms. The number of amides is 1. The maximum absolute atomic E-state index is 12.5. The molecule has 0 N–H and O–H groups in total. The Hall–Kier alpha value is -2.54. The van der Waals surface area contributed by atoms with Gasteiger partial charge in [-0.1, -0.05) is 23.4 Å². The second-order valence-electron chi connectivity index (χ2n) is 5.05. The Kier molecular flexibility index (Phi) is 4.20. The third-order valence-electron chi connectivity index (χ3n) is 3.42. The molecule has 3 aromatic rings. The molecule has 0 saturated heterocycles. The van der Waals surface area contributed by atoms with Gasteiger partial charge in [0.2, 0.25) is 0 Å². The Morgan fingerprint density at radius 3 is 2.91 bits per heavy atom. The number of nitrogens with zero attached hydrogens (tertiary/aromatic N) is 4. The quantitative estimate of drug-likeness (QED) is 0.734. The second-order valence-corrected chi connectivity index (χ2v) is 6.02. The van der Waals surface area contributed by atoms with E-state index in [1.165, 1.54) is 11.3 Å². The summed E-state index contributed by atoms with van der Waals surface area (Å²) >= 11 is 1.45. The van der Waals surface area contributed by atoms with E-state index in [1.54, 1.807) is 30.4 Å². The summed E-state index contributed by atoms with van der Waals surface area (Å²) in [6.45, 7) is 3.84. The van der Waals surface area contributed by atoms with Crippen LogP contribution in [0.3, 0.4) is 0 Å². The lowest BCUT2D eigenvalue weighted by atomic mass is 10.3. The number of hydrogen-bond acceptors (Lipinski definition) is 6. The molecule has 0 unspecified atom stereocenters.